The fourth-order valence-electron chi connectivity index (χ4n) is 2.13. The average molecular weight is 385 g/mol. The zero-order valence-corrected chi connectivity index (χ0v) is 14.0. The molecule has 0 bridgehead atoms. The number of nitrogens with one attached hydrogen (secondary N) is 1. The Morgan fingerprint density at radius 1 is 1.23 bits per heavy atom. The van der Waals surface area contributed by atoms with E-state index in [1.807, 2.05) is 0 Å². The van der Waals surface area contributed by atoms with Crippen molar-refractivity contribution < 1.29 is 22.8 Å². The Labute approximate surface area is 150 Å². The maximum atomic E-state index is 12.5. The lowest BCUT2D eigenvalue weighted by Crippen LogP contribution is -2.35. The molecular formula is C16H12ClF3N4O2. The highest BCUT2D eigenvalue weighted by molar-refractivity contribution is 6.31. The van der Waals surface area contributed by atoms with Gasteiger partial charge < -0.3 is 10.2 Å². The molecule has 0 aliphatic rings. The molecule has 0 radical (unpaired) electrons. The van der Waals surface area contributed by atoms with Crippen LogP contribution in [0, 0.1) is 0 Å². The van der Waals surface area contributed by atoms with Gasteiger partial charge in [-0.05, 0) is 54.6 Å². The molecule has 0 fully saturated rings. The molecular weight excluding hydrogens is 373 g/mol. The first-order valence-corrected chi connectivity index (χ1v) is 7.78. The molecule has 2 aromatic carbocycles. The highest BCUT2D eigenvalue weighted by atomic mass is 35.5. The molecule has 1 unspecified atom stereocenters. The number of carbonyl (C=O) groups excluding carboxylic acids is 1. The van der Waals surface area contributed by atoms with E-state index in [1.54, 1.807) is 18.2 Å². The predicted molar refractivity (Wildman–Crippen MR) is 88.7 cm³/mol. The van der Waals surface area contributed by atoms with Gasteiger partial charge in [-0.1, -0.05) is 16.4 Å². The lowest BCUT2D eigenvalue weighted by molar-refractivity contribution is -0.137. The zero-order chi connectivity index (χ0) is 18.9. The summed E-state index contributed by atoms with van der Waals surface area (Å²) in [4.78, 5) is 18.7. The Hall–Kier alpha value is -2.81. The fraction of sp³-hybridized carbons (Fsp3) is 0.188. The van der Waals surface area contributed by atoms with Crippen molar-refractivity contribution in [2.24, 2.45) is 0 Å². The molecule has 1 atom stereocenters. The smallest absolute Gasteiger partial charge is 0.382 e. The van der Waals surface area contributed by atoms with Gasteiger partial charge in [0.05, 0.1) is 5.56 Å². The SMILES string of the molecule is CC(On1nnc2ccc(Cl)cc21)C(=O)Nc1ccc(C(F)(F)F)cc1. The minimum Gasteiger partial charge on any atom is -0.382 e. The van der Waals surface area contributed by atoms with Crippen molar-refractivity contribution in [3.05, 3.63) is 53.1 Å². The summed E-state index contributed by atoms with van der Waals surface area (Å²) in [5, 5.41) is 10.6. The molecule has 3 aromatic rings. The average Bonchev–Trinajstić information content (AvgIpc) is 2.96. The topological polar surface area (TPSA) is 69.0 Å². The Balaban J connectivity index is 1.68. The summed E-state index contributed by atoms with van der Waals surface area (Å²) in [5.74, 6) is -0.560. The van der Waals surface area contributed by atoms with Crippen LogP contribution in [0.25, 0.3) is 11.0 Å². The second kappa shape index (κ2) is 6.83. The van der Waals surface area contributed by atoms with Crippen LogP contribution < -0.4 is 10.2 Å². The van der Waals surface area contributed by atoms with Crippen molar-refractivity contribution >= 4 is 34.2 Å². The van der Waals surface area contributed by atoms with Gasteiger partial charge in [0.1, 0.15) is 11.0 Å². The number of aromatic nitrogens is 3. The van der Waals surface area contributed by atoms with Gasteiger partial charge in [0.2, 0.25) is 6.10 Å². The van der Waals surface area contributed by atoms with Gasteiger partial charge >= 0.3 is 6.18 Å². The minimum atomic E-state index is -4.44. The van der Waals surface area contributed by atoms with Crippen LogP contribution in [0.4, 0.5) is 18.9 Å². The number of alkyl halides is 3. The van der Waals surface area contributed by atoms with Crippen molar-refractivity contribution in [1.82, 2.24) is 15.2 Å². The maximum Gasteiger partial charge on any atom is 0.416 e. The number of nitrogens with zero attached hydrogens (tertiary/aromatic N) is 3. The summed E-state index contributed by atoms with van der Waals surface area (Å²) in [7, 11) is 0. The molecule has 1 amide bonds. The van der Waals surface area contributed by atoms with Crippen molar-refractivity contribution in [3.8, 4) is 0 Å². The van der Waals surface area contributed by atoms with Gasteiger partial charge in [0, 0.05) is 10.7 Å². The van der Waals surface area contributed by atoms with Gasteiger partial charge in [-0.25, -0.2) is 0 Å². The van der Waals surface area contributed by atoms with Crippen LogP contribution in [0.5, 0.6) is 0 Å². The lowest BCUT2D eigenvalue weighted by atomic mass is 10.2. The number of hydrogen-bond donors (Lipinski definition) is 1. The third kappa shape index (κ3) is 3.88. The number of amides is 1. The Morgan fingerprint density at radius 3 is 2.58 bits per heavy atom. The van der Waals surface area contributed by atoms with Crippen LogP contribution >= 0.6 is 11.6 Å². The molecule has 26 heavy (non-hydrogen) atoms. The molecule has 0 spiro atoms. The summed E-state index contributed by atoms with van der Waals surface area (Å²) in [6.45, 7) is 1.47. The molecule has 0 aliphatic carbocycles. The van der Waals surface area contributed by atoms with Gasteiger partial charge in [0.15, 0.2) is 0 Å². The number of carbonyl (C=O) groups is 1. The largest absolute Gasteiger partial charge is 0.416 e. The Kier molecular flexibility index (Phi) is 4.73. The molecule has 136 valence electrons. The first kappa shape index (κ1) is 18.0. The van der Waals surface area contributed by atoms with Gasteiger partial charge in [0.25, 0.3) is 5.91 Å². The van der Waals surface area contributed by atoms with Crippen LogP contribution in [-0.4, -0.2) is 27.2 Å². The summed E-state index contributed by atoms with van der Waals surface area (Å²) < 4.78 is 37.6. The molecule has 0 aliphatic heterocycles. The van der Waals surface area contributed by atoms with Crippen LogP contribution in [0.2, 0.25) is 5.02 Å². The second-order valence-electron chi connectivity index (χ2n) is 5.41. The van der Waals surface area contributed by atoms with Gasteiger partial charge in [-0.2, -0.15) is 13.2 Å². The number of rotatable bonds is 4. The van der Waals surface area contributed by atoms with E-state index in [1.165, 1.54) is 6.92 Å². The normalized spacial score (nSPS) is 12.8. The van der Waals surface area contributed by atoms with E-state index in [2.05, 4.69) is 15.6 Å². The number of anilines is 1. The van der Waals surface area contributed by atoms with Crippen molar-refractivity contribution in [2.75, 3.05) is 5.32 Å². The monoisotopic (exact) mass is 384 g/mol. The second-order valence-corrected chi connectivity index (χ2v) is 5.84. The highest BCUT2D eigenvalue weighted by Crippen LogP contribution is 2.29. The molecule has 10 heteroatoms. The number of benzene rings is 2. The van der Waals surface area contributed by atoms with Crippen LogP contribution in [0.3, 0.4) is 0 Å². The van der Waals surface area contributed by atoms with Crippen molar-refractivity contribution in [2.45, 2.75) is 19.2 Å². The fourth-order valence-corrected chi connectivity index (χ4v) is 2.30. The molecule has 3 rings (SSSR count). The summed E-state index contributed by atoms with van der Waals surface area (Å²) in [6, 6.07) is 8.97. The third-order valence-corrected chi connectivity index (χ3v) is 3.72. The van der Waals surface area contributed by atoms with Crippen LogP contribution in [-0.2, 0) is 11.0 Å². The van der Waals surface area contributed by atoms with E-state index >= 15 is 0 Å². The van der Waals surface area contributed by atoms with Crippen LogP contribution in [0.15, 0.2) is 42.5 Å². The Bertz CT molecular complexity index is 941. The van der Waals surface area contributed by atoms with E-state index in [9.17, 15) is 18.0 Å². The molecule has 1 N–H and O–H groups in total. The van der Waals surface area contributed by atoms with E-state index in [0.717, 1.165) is 29.1 Å². The lowest BCUT2D eigenvalue weighted by Gasteiger charge is -2.14. The van der Waals surface area contributed by atoms with Crippen molar-refractivity contribution in [3.63, 3.8) is 0 Å². The van der Waals surface area contributed by atoms with Gasteiger partial charge in [-0.15, -0.1) is 5.10 Å². The third-order valence-electron chi connectivity index (χ3n) is 3.48. The first-order chi connectivity index (χ1) is 12.2. The maximum absolute atomic E-state index is 12.5. The number of hydrogen-bond acceptors (Lipinski definition) is 4. The first-order valence-electron chi connectivity index (χ1n) is 7.40. The summed E-state index contributed by atoms with van der Waals surface area (Å²) in [5.41, 5.74) is 0.423. The predicted octanol–water partition coefficient (Wildman–Crippen LogP) is 3.56. The summed E-state index contributed by atoms with van der Waals surface area (Å²) in [6.07, 6.45) is -5.42. The van der Waals surface area contributed by atoms with Crippen LogP contribution in [0.1, 0.15) is 12.5 Å². The highest BCUT2D eigenvalue weighted by Gasteiger charge is 2.30. The Morgan fingerprint density at radius 2 is 1.92 bits per heavy atom. The quantitative estimate of drug-likeness (QED) is 0.746. The molecule has 1 heterocycles. The zero-order valence-electron chi connectivity index (χ0n) is 13.3. The number of halogens is 4. The molecule has 0 saturated heterocycles. The standard InChI is InChI=1S/C16H12ClF3N4O2/c1-9(26-24-14-8-11(17)4-7-13(14)22-23-24)15(25)21-12-5-2-10(3-6-12)16(18,19)20/h2-9H,1H3,(H,21,25). The van der Waals surface area contributed by atoms with E-state index in [-0.39, 0.29) is 5.69 Å². The van der Waals surface area contributed by atoms with E-state index in [4.69, 9.17) is 16.4 Å². The minimum absolute atomic E-state index is 0.213. The summed E-state index contributed by atoms with van der Waals surface area (Å²) >= 11 is 5.91. The number of fused-ring (bicyclic) bond motifs is 1. The molecule has 1 aromatic heterocycles. The molecule has 0 saturated carbocycles. The van der Waals surface area contributed by atoms with Crippen molar-refractivity contribution in [1.29, 1.82) is 0 Å². The molecule has 6 nitrogen and oxygen atoms in total. The van der Waals surface area contributed by atoms with Gasteiger partial charge in [-0.3, -0.25) is 4.79 Å². The van der Waals surface area contributed by atoms with E-state index in [0.29, 0.717) is 16.1 Å². The van der Waals surface area contributed by atoms with E-state index < -0.39 is 23.8 Å².